The number of carbonyl (C=O) groups is 1. The van der Waals surface area contributed by atoms with Crippen LogP contribution in [0.4, 0.5) is 5.69 Å². The Morgan fingerprint density at radius 1 is 1.25 bits per heavy atom. The van der Waals surface area contributed by atoms with Crippen LogP contribution < -0.4 is 15.4 Å². The topological polar surface area (TPSA) is 104 Å². The standard InChI is InChI=1S/C23H34N4O4S/c1-23(2,3)26-32(29,30)21-11-19(10-20(12-21)24-14-18-7-9-31-16-18)22(28)25-13-17-6-5-8-27(4)15-17/h7,9-12,16-17,24,26H,5-6,8,13-15H2,1-4H3,(H,25,28)/t17-/m0/s1. The van der Waals surface area contributed by atoms with Crippen molar-refractivity contribution >= 4 is 21.6 Å². The number of likely N-dealkylation sites (tertiary alicyclic amines) is 1. The summed E-state index contributed by atoms with van der Waals surface area (Å²) in [4.78, 5) is 15.3. The van der Waals surface area contributed by atoms with Crippen LogP contribution in [-0.4, -0.2) is 51.4 Å². The molecule has 32 heavy (non-hydrogen) atoms. The molecule has 1 fully saturated rings. The average molecular weight is 463 g/mol. The summed E-state index contributed by atoms with van der Waals surface area (Å²) < 4.78 is 33.7. The molecular formula is C23H34N4O4S. The Morgan fingerprint density at radius 2 is 2.03 bits per heavy atom. The quantitative estimate of drug-likeness (QED) is 0.557. The van der Waals surface area contributed by atoms with Gasteiger partial charge in [0, 0.05) is 42.0 Å². The van der Waals surface area contributed by atoms with Gasteiger partial charge in [0.05, 0.1) is 17.4 Å². The van der Waals surface area contributed by atoms with Crippen LogP contribution in [0.3, 0.4) is 0 Å². The first-order valence-corrected chi connectivity index (χ1v) is 12.4. The fourth-order valence-electron chi connectivity index (χ4n) is 3.83. The van der Waals surface area contributed by atoms with Crippen LogP contribution in [0, 0.1) is 5.92 Å². The van der Waals surface area contributed by atoms with Crippen molar-refractivity contribution in [2.75, 3.05) is 32.0 Å². The van der Waals surface area contributed by atoms with E-state index in [1.54, 1.807) is 45.4 Å². The molecule has 2 heterocycles. The van der Waals surface area contributed by atoms with Crippen molar-refractivity contribution in [3.05, 3.63) is 47.9 Å². The lowest BCUT2D eigenvalue weighted by Gasteiger charge is -2.29. The number of furan rings is 1. The summed E-state index contributed by atoms with van der Waals surface area (Å²) in [6, 6.07) is 6.47. The smallest absolute Gasteiger partial charge is 0.251 e. The number of rotatable bonds is 8. The molecule has 8 nitrogen and oxygen atoms in total. The van der Waals surface area contributed by atoms with Crippen molar-refractivity contribution in [1.82, 2.24) is 14.9 Å². The van der Waals surface area contributed by atoms with Gasteiger partial charge in [-0.2, -0.15) is 0 Å². The maximum atomic E-state index is 13.0. The summed E-state index contributed by atoms with van der Waals surface area (Å²) in [6.45, 7) is 8.37. The van der Waals surface area contributed by atoms with Crippen molar-refractivity contribution in [3.63, 3.8) is 0 Å². The molecule has 0 aliphatic carbocycles. The van der Waals surface area contributed by atoms with E-state index in [1.807, 2.05) is 6.07 Å². The largest absolute Gasteiger partial charge is 0.472 e. The predicted octanol–water partition coefficient (Wildman–Crippen LogP) is 3.04. The molecule has 1 saturated heterocycles. The van der Waals surface area contributed by atoms with Crippen molar-refractivity contribution in [1.29, 1.82) is 0 Å². The van der Waals surface area contributed by atoms with Crippen molar-refractivity contribution in [3.8, 4) is 0 Å². The lowest BCUT2D eigenvalue weighted by molar-refractivity contribution is 0.0936. The Labute approximate surface area is 190 Å². The molecule has 0 radical (unpaired) electrons. The first-order chi connectivity index (χ1) is 15.0. The second-order valence-corrected chi connectivity index (χ2v) is 11.2. The van der Waals surface area contributed by atoms with Gasteiger partial charge in [-0.1, -0.05) is 0 Å². The monoisotopic (exact) mass is 462 g/mol. The van der Waals surface area contributed by atoms with Crippen LogP contribution in [0.1, 0.15) is 49.5 Å². The molecule has 1 aliphatic rings. The highest BCUT2D eigenvalue weighted by molar-refractivity contribution is 7.89. The normalized spacial score (nSPS) is 17.8. The number of anilines is 1. The van der Waals surface area contributed by atoms with Crippen molar-refractivity contribution in [2.24, 2.45) is 5.92 Å². The maximum absolute atomic E-state index is 13.0. The molecule has 2 aromatic rings. The predicted molar refractivity (Wildman–Crippen MR) is 125 cm³/mol. The molecule has 1 aromatic heterocycles. The summed E-state index contributed by atoms with van der Waals surface area (Å²) in [5.41, 5.74) is 1.12. The highest BCUT2D eigenvalue weighted by atomic mass is 32.2. The van der Waals surface area contributed by atoms with Crippen molar-refractivity contribution in [2.45, 2.75) is 50.6 Å². The Bertz CT molecular complexity index is 1010. The summed E-state index contributed by atoms with van der Waals surface area (Å²) >= 11 is 0. The van der Waals surface area contributed by atoms with Gasteiger partial charge in [-0.05, 0) is 77.4 Å². The second-order valence-electron chi connectivity index (χ2n) is 9.57. The zero-order chi connectivity index (χ0) is 23.4. The molecule has 0 unspecified atom stereocenters. The van der Waals surface area contributed by atoms with Gasteiger partial charge in [0.1, 0.15) is 0 Å². The van der Waals surface area contributed by atoms with E-state index < -0.39 is 15.6 Å². The summed E-state index contributed by atoms with van der Waals surface area (Å²) in [5.74, 6) is 0.114. The van der Waals surface area contributed by atoms with E-state index in [9.17, 15) is 13.2 Å². The summed E-state index contributed by atoms with van der Waals surface area (Å²) in [6.07, 6.45) is 5.38. The van der Waals surface area contributed by atoms with E-state index in [0.717, 1.165) is 31.5 Å². The molecule has 1 aromatic carbocycles. The van der Waals surface area contributed by atoms with Crippen molar-refractivity contribution < 1.29 is 17.6 Å². The first-order valence-electron chi connectivity index (χ1n) is 10.9. The lowest BCUT2D eigenvalue weighted by atomic mass is 9.98. The Morgan fingerprint density at radius 3 is 2.69 bits per heavy atom. The molecule has 3 N–H and O–H groups in total. The van der Waals surface area contributed by atoms with Gasteiger partial charge in [0.25, 0.3) is 5.91 Å². The molecular weight excluding hydrogens is 428 g/mol. The van der Waals surface area contributed by atoms with Gasteiger partial charge in [0.2, 0.25) is 10.0 Å². The number of amides is 1. The highest BCUT2D eigenvalue weighted by Gasteiger charge is 2.24. The van der Waals surface area contributed by atoms with E-state index in [4.69, 9.17) is 4.42 Å². The van der Waals surface area contributed by atoms with Gasteiger partial charge in [0.15, 0.2) is 0 Å². The molecule has 1 aliphatic heterocycles. The third-order valence-electron chi connectivity index (χ3n) is 5.27. The van der Waals surface area contributed by atoms with Crippen LogP contribution in [0.15, 0.2) is 46.1 Å². The third-order valence-corrected chi connectivity index (χ3v) is 7.01. The Kier molecular flexibility index (Phi) is 7.63. The van der Waals surface area contributed by atoms with Gasteiger partial charge in [-0.3, -0.25) is 4.79 Å². The number of nitrogens with zero attached hydrogens (tertiary/aromatic N) is 1. The number of sulfonamides is 1. The molecule has 0 bridgehead atoms. The Hall–Kier alpha value is -2.36. The van der Waals surface area contributed by atoms with Crippen LogP contribution >= 0.6 is 0 Å². The first kappa shape index (κ1) is 24.3. The zero-order valence-corrected chi connectivity index (χ0v) is 20.1. The van der Waals surface area contributed by atoms with Gasteiger partial charge >= 0.3 is 0 Å². The minimum Gasteiger partial charge on any atom is -0.472 e. The summed E-state index contributed by atoms with van der Waals surface area (Å²) in [5, 5.41) is 6.18. The SMILES string of the molecule is CN1CCC[C@@H](CNC(=O)c2cc(NCc3ccoc3)cc(S(=O)(=O)NC(C)(C)C)c2)C1. The second kappa shape index (κ2) is 10.1. The van der Waals surface area contributed by atoms with Crippen LogP contribution in [-0.2, 0) is 16.6 Å². The molecule has 0 saturated carbocycles. The zero-order valence-electron chi connectivity index (χ0n) is 19.3. The lowest BCUT2D eigenvalue weighted by Crippen LogP contribution is -2.40. The molecule has 0 spiro atoms. The van der Waals surface area contributed by atoms with Crippen LogP contribution in [0.2, 0.25) is 0 Å². The summed E-state index contributed by atoms with van der Waals surface area (Å²) in [7, 11) is -1.72. The fraction of sp³-hybridized carbons (Fsp3) is 0.522. The number of hydrogen-bond donors (Lipinski definition) is 3. The van der Waals surface area contributed by atoms with E-state index in [-0.39, 0.29) is 10.8 Å². The molecule has 1 atom stereocenters. The Balaban J connectivity index is 1.81. The number of carbonyl (C=O) groups excluding carboxylic acids is 1. The van der Waals surface area contributed by atoms with E-state index >= 15 is 0 Å². The van der Waals surface area contributed by atoms with Gasteiger partial charge in [-0.25, -0.2) is 13.1 Å². The van der Waals surface area contributed by atoms with Crippen LogP contribution in [0.5, 0.6) is 0 Å². The van der Waals surface area contributed by atoms with E-state index in [2.05, 4.69) is 27.3 Å². The highest BCUT2D eigenvalue weighted by Crippen LogP contribution is 2.22. The van der Waals surface area contributed by atoms with Gasteiger partial charge < -0.3 is 20.0 Å². The number of benzene rings is 1. The maximum Gasteiger partial charge on any atom is 0.251 e. The number of nitrogens with one attached hydrogen (secondary N) is 3. The number of hydrogen-bond acceptors (Lipinski definition) is 6. The minimum absolute atomic E-state index is 0.0483. The van der Waals surface area contributed by atoms with Crippen LogP contribution in [0.25, 0.3) is 0 Å². The minimum atomic E-state index is -3.81. The number of piperidine rings is 1. The van der Waals surface area contributed by atoms with E-state index in [0.29, 0.717) is 30.3 Å². The van der Waals surface area contributed by atoms with Gasteiger partial charge in [-0.15, -0.1) is 0 Å². The molecule has 176 valence electrons. The molecule has 9 heteroatoms. The average Bonchev–Trinajstić information content (AvgIpc) is 3.22. The fourth-order valence-corrected chi connectivity index (χ4v) is 5.31. The molecule has 1 amide bonds. The van der Waals surface area contributed by atoms with E-state index in [1.165, 1.54) is 6.07 Å². The third kappa shape index (κ3) is 7.08. The molecule has 3 rings (SSSR count).